The molecule has 6 nitrogen and oxygen atoms in total. The molecule has 2 aromatic carbocycles. The van der Waals surface area contributed by atoms with Crippen molar-refractivity contribution in [2.24, 2.45) is 0 Å². The molecule has 0 radical (unpaired) electrons. The van der Waals surface area contributed by atoms with Gasteiger partial charge in [-0.3, -0.25) is 14.3 Å². The van der Waals surface area contributed by atoms with Crippen molar-refractivity contribution >= 4 is 17.5 Å². The number of nitrogens with zero attached hydrogens (tertiary/aromatic N) is 3. The average molecular weight is 417 g/mol. The van der Waals surface area contributed by atoms with E-state index in [0.717, 1.165) is 49.3 Å². The number of aryl methyl sites for hydroxylation is 2. The van der Waals surface area contributed by atoms with Gasteiger partial charge < -0.3 is 10.2 Å². The molecule has 0 saturated carbocycles. The minimum atomic E-state index is -0.225. The molecule has 4 rings (SSSR count). The Morgan fingerprint density at radius 2 is 1.68 bits per heavy atom. The number of hydrogen-bond donors (Lipinski definition) is 1. The van der Waals surface area contributed by atoms with Gasteiger partial charge in [-0.1, -0.05) is 24.3 Å². The van der Waals surface area contributed by atoms with Crippen LogP contribution in [0.3, 0.4) is 0 Å². The SMILES string of the molecule is Cc1cc(C)n(Cc2ccc(C(=O)Nc3ccccc3C(=O)N3CCCCC3)cc2)n1. The van der Waals surface area contributed by atoms with Crippen LogP contribution in [-0.2, 0) is 6.54 Å². The van der Waals surface area contributed by atoms with Crippen molar-refractivity contribution in [3.63, 3.8) is 0 Å². The zero-order valence-corrected chi connectivity index (χ0v) is 18.1. The number of hydrogen-bond acceptors (Lipinski definition) is 3. The quantitative estimate of drug-likeness (QED) is 0.669. The maximum atomic E-state index is 13.0. The van der Waals surface area contributed by atoms with Gasteiger partial charge in [0.1, 0.15) is 0 Å². The number of nitrogens with one attached hydrogen (secondary N) is 1. The Morgan fingerprint density at radius 3 is 2.35 bits per heavy atom. The number of carbonyl (C=O) groups is 2. The van der Waals surface area contributed by atoms with Gasteiger partial charge in [0.05, 0.1) is 23.5 Å². The maximum Gasteiger partial charge on any atom is 0.255 e. The molecule has 1 fully saturated rings. The zero-order chi connectivity index (χ0) is 21.8. The van der Waals surface area contributed by atoms with Crippen molar-refractivity contribution < 1.29 is 9.59 Å². The summed E-state index contributed by atoms with van der Waals surface area (Å²) in [5, 5.41) is 7.41. The summed E-state index contributed by atoms with van der Waals surface area (Å²) < 4.78 is 1.95. The highest BCUT2D eigenvalue weighted by Gasteiger charge is 2.21. The number of para-hydroxylation sites is 1. The fourth-order valence-electron chi connectivity index (χ4n) is 4.01. The van der Waals surface area contributed by atoms with E-state index in [2.05, 4.69) is 10.4 Å². The third-order valence-corrected chi connectivity index (χ3v) is 5.70. The van der Waals surface area contributed by atoms with Gasteiger partial charge in [-0.25, -0.2) is 0 Å². The van der Waals surface area contributed by atoms with Gasteiger partial charge in [-0.15, -0.1) is 0 Å². The van der Waals surface area contributed by atoms with Gasteiger partial charge in [0, 0.05) is 24.3 Å². The summed E-state index contributed by atoms with van der Waals surface area (Å²) in [6.07, 6.45) is 3.23. The molecular formula is C25H28N4O2. The summed E-state index contributed by atoms with van der Waals surface area (Å²) in [5.41, 5.74) is 4.81. The molecule has 0 spiro atoms. The number of carbonyl (C=O) groups excluding carboxylic acids is 2. The van der Waals surface area contributed by atoms with E-state index in [1.54, 1.807) is 12.1 Å². The second-order valence-corrected chi connectivity index (χ2v) is 8.13. The molecular weight excluding hydrogens is 388 g/mol. The average Bonchev–Trinajstić information content (AvgIpc) is 3.11. The van der Waals surface area contributed by atoms with E-state index in [0.29, 0.717) is 23.4 Å². The molecule has 1 aliphatic heterocycles. The third-order valence-electron chi connectivity index (χ3n) is 5.70. The van der Waals surface area contributed by atoms with Gasteiger partial charge in [0.15, 0.2) is 0 Å². The summed E-state index contributed by atoms with van der Waals surface area (Å²) in [6.45, 7) is 6.22. The third kappa shape index (κ3) is 4.85. The molecule has 31 heavy (non-hydrogen) atoms. The van der Waals surface area contributed by atoms with Crippen molar-refractivity contribution in [2.75, 3.05) is 18.4 Å². The van der Waals surface area contributed by atoms with Crippen molar-refractivity contribution in [1.29, 1.82) is 0 Å². The topological polar surface area (TPSA) is 67.2 Å². The second kappa shape index (κ2) is 9.16. The van der Waals surface area contributed by atoms with Crippen LogP contribution in [0.2, 0.25) is 0 Å². The van der Waals surface area contributed by atoms with E-state index in [4.69, 9.17) is 0 Å². The summed E-state index contributed by atoms with van der Waals surface area (Å²) >= 11 is 0. The first-order valence-corrected chi connectivity index (χ1v) is 10.8. The summed E-state index contributed by atoms with van der Waals surface area (Å²) in [7, 11) is 0. The first-order chi connectivity index (χ1) is 15.0. The van der Waals surface area contributed by atoms with Crippen LogP contribution >= 0.6 is 0 Å². The zero-order valence-electron chi connectivity index (χ0n) is 18.1. The first kappa shape index (κ1) is 20.8. The summed E-state index contributed by atoms with van der Waals surface area (Å²) in [6, 6.07) is 16.8. The highest BCUT2D eigenvalue weighted by Crippen LogP contribution is 2.21. The lowest BCUT2D eigenvalue weighted by atomic mass is 10.1. The number of anilines is 1. The summed E-state index contributed by atoms with van der Waals surface area (Å²) in [4.78, 5) is 27.7. The Balaban J connectivity index is 1.46. The maximum absolute atomic E-state index is 13.0. The van der Waals surface area contributed by atoms with Crippen LogP contribution in [0.4, 0.5) is 5.69 Å². The van der Waals surface area contributed by atoms with E-state index in [-0.39, 0.29) is 11.8 Å². The number of likely N-dealkylation sites (tertiary alicyclic amines) is 1. The Bertz CT molecular complexity index is 1080. The van der Waals surface area contributed by atoms with Crippen molar-refractivity contribution in [3.8, 4) is 0 Å². The summed E-state index contributed by atoms with van der Waals surface area (Å²) in [5.74, 6) is -0.243. The van der Waals surface area contributed by atoms with E-state index in [1.807, 2.05) is 65.9 Å². The van der Waals surface area contributed by atoms with Gasteiger partial charge in [-0.2, -0.15) is 5.10 Å². The van der Waals surface area contributed by atoms with Crippen LogP contribution in [0.5, 0.6) is 0 Å². The second-order valence-electron chi connectivity index (χ2n) is 8.13. The van der Waals surface area contributed by atoms with Gasteiger partial charge in [-0.05, 0) is 69.0 Å². The molecule has 0 unspecified atom stereocenters. The molecule has 0 aliphatic carbocycles. The highest BCUT2D eigenvalue weighted by atomic mass is 16.2. The fraction of sp³-hybridized carbons (Fsp3) is 0.320. The molecule has 3 aromatic rings. The molecule has 160 valence electrons. The molecule has 2 heterocycles. The van der Waals surface area contributed by atoms with Gasteiger partial charge in [0.2, 0.25) is 0 Å². The Kier molecular flexibility index (Phi) is 6.16. The molecule has 2 amide bonds. The minimum absolute atomic E-state index is 0.0177. The van der Waals surface area contributed by atoms with E-state index in [9.17, 15) is 9.59 Å². The standard InChI is InChI=1S/C25H28N4O2/c1-18-16-19(2)29(27-18)17-20-10-12-21(13-11-20)24(30)26-23-9-5-4-8-22(23)25(31)28-14-6-3-7-15-28/h4-5,8-13,16H,3,6-7,14-15,17H2,1-2H3,(H,26,30). The number of piperidine rings is 1. The smallest absolute Gasteiger partial charge is 0.255 e. The number of benzene rings is 2. The van der Waals surface area contributed by atoms with E-state index in [1.165, 1.54) is 0 Å². The van der Waals surface area contributed by atoms with Crippen molar-refractivity contribution in [3.05, 3.63) is 82.7 Å². The van der Waals surface area contributed by atoms with Crippen LogP contribution in [0, 0.1) is 13.8 Å². The van der Waals surface area contributed by atoms with Crippen molar-refractivity contribution in [1.82, 2.24) is 14.7 Å². The lowest BCUT2D eigenvalue weighted by Crippen LogP contribution is -2.36. The molecule has 0 atom stereocenters. The Hall–Kier alpha value is -3.41. The Labute approximate surface area is 182 Å². The predicted molar refractivity (Wildman–Crippen MR) is 121 cm³/mol. The van der Waals surface area contributed by atoms with Crippen molar-refractivity contribution in [2.45, 2.75) is 39.7 Å². The molecule has 1 aromatic heterocycles. The van der Waals surface area contributed by atoms with Crippen LogP contribution in [-0.4, -0.2) is 39.6 Å². The number of amides is 2. The van der Waals surface area contributed by atoms with Crippen LogP contribution < -0.4 is 5.32 Å². The molecule has 1 aliphatic rings. The van der Waals surface area contributed by atoms with Gasteiger partial charge >= 0.3 is 0 Å². The first-order valence-electron chi connectivity index (χ1n) is 10.8. The number of aromatic nitrogens is 2. The number of rotatable bonds is 5. The monoisotopic (exact) mass is 416 g/mol. The van der Waals surface area contributed by atoms with E-state index < -0.39 is 0 Å². The van der Waals surface area contributed by atoms with Crippen LogP contribution in [0.25, 0.3) is 0 Å². The molecule has 1 saturated heterocycles. The van der Waals surface area contributed by atoms with Crippen LogP contribution in [0.15, 0.2) is 54.6 Å². The molecule has 0 bridgehead atoms. The van der Waals surface area contributed by atoms with E-state index >= 15 is 0 Å². The Morgan fingerprint density at radius 1 is 0.968 bits per heavy atom. The predicted octanol–water partition coefficient (Wildman–Crippen LogP) is 4.43. The lowest BCUT2D eigenvalue weighted by molar-refractivity contribution is 0.0725. The minimum Gasteiger partial charge on any atom is -0.339 e. The normalized spacial score (nSPS) is 13.8. The van der Waals surface area contributed by atoms with Crippen LogP contribution in [0.1, 0.15) is 56.9 Å². The lowest BCUT2D eigenvalue weighted by Gasteiger charge is -2.27. The molecule has 6 heteroatoms. The molecule has 1 N–H and O–H groups in total. The highest BCUT2D eigenvalue weighted by molar-refractivity contribution is 6.09. The van der Waals surface area contributed by atoms with Gasteiger partial charge in [0.25, 0.3) is 11.8 Å². The largest absolute Gasteiger partial charge is 0.339 e. The fourth-order valence-corrected chi connectivity index (χ4v) is 4.01.